The molecule has 2 aromatic rings. The van der Waals surface area contributed by atoms with Crippen molar-refractivity contribution >= 4 is 11.0 Å². The molecule has 1 heterocycles. The number of benzene rings is 1. The highest BCUT2D eigenvalue weighted by molar-refractivity contribution is 5.74. The van der Waals surface area contributed by atoms with E-state index in [4.69, 9.17) is 9.97 Å². The van der Waals surface area contributed by atoms with Crippen LogP contribution in [0.5, 0.6) is 0 Å². The molecule has 1 aliphatic rings. The summed E-state index contributed by atoms with van der Waals surface area (Å²) in [5.41, 5.74) is 4.58. The summed E-state index contributed by atoms with van der Waals surface area (Å²) < 4.78 is 0. The van der Waals surface area contributed by atoms with Gasteiger partial charge in [0.1, 0.15) is 0 Å². The highest BCUT2D eigenvalue weighted by Gasteiger charge is 2.24. The Hall–Kier alpha value is -1.44. The fourth-order valence-corrected chi connectivity index (χ4v) is 2.64. The number of aromatic nitrogens is 2. The van der Waals surface area contributed by atoms with E-state index in [1.54, 1.807) is 0 Å². The lowest BCUT2D eigenvalue weighted by Gasteiger charge is -2.08. The van der Waals surface area contributed by atoms with Crippen molar-refractivity contribution in [1.29, 1.82) is 0 Å². The number of hydrogen-bond donors (Lipinski definition) is 0. The molecule has 0 N–H and O–H groups in total. The Morgan fingerprint density at radius 2 is 1.94 bits per heavy atom. The normalized spacial score (nSPS) is 18.9. The predicted molar refractivity (Wildman–Crippen MR) is 65.5 cm³/mol. The van der Waals surface area contributed by atoms with Crippen molar-refractivity contribution in [3.05, 3.63) is 35.7 Å². The number of fused-ring (bicyclic) bond motifs is 2. The first-order chi connectivity index (χ1) is 7.88. The fraction of sp³-hybridized carbons (Fsp3) is 0.429. The van der Waals surface area contributed by atoms with Gasteiger partial charge < -0.3 is 0 Å². The first-order valence-electron chi connectivity index (χ1n) is 6.14. The third-order valence-corrected chi connectivity index (χ3v) is 3.43. The van der Waals surface area contributed by atoms with E-state index in [0.29, 0.717) is 5.92 Å². The molecular formula is C14H16N2. The monoisotopic (exact) mass is 212 g/mol. The molecule has 0 spiro atoms. The summed E-state index contributed by atoms with van der Waals surface area (Å²) in [5, 5.41) is 0. The van der Waals surface area contributed by atoms with Crippen LogP contribution in [0.1, 0.15) is 43.5 Å². The van der Waals surface area contributed by atoms with Crippen molar-refractivity contribution < 1.29 is 0 Å². The predicted octanol–water partition coefficient (Wildman–Crippen LogP) is 3.46. The van der Waals surface area contributed by atoms with Crippen LogP contribution in [0.2, 0.25) is 0 Å². The van der Waals surface area contributed by atoms with Gasteiger partial charge in [0, 0.05) is 5.92 Å². The van der Waals surface area contributed by atoms with Gasteiger partial charge in [-0.2, -0.15) is 0 Å². The van der Waals surface area contributed by atoms with Crippen LogP contribution < -0.4 is 0 Å². The molecule has 1 atom stereocenters. The minimum atomic E-state index is 0.650. The maximum Gasteiger partial charge on any atom is 0.0890 e. The van der Waals surface area contributed by atoms with Gasteiger partial charge in [0.2, 0.25) is 0 Å². The Morgan fingerprint density at radius 3 is 2.69 bits per heavy atom. The van der Waals surface area contributed by atoms with Gasteiger partial charge in [-0.15, -0.1) is 0 Å². The zero-order valence-electron chi connectivity index (χ0n) is 9.61. The van der Waals surface area contributed by atoms with E-state index >= 15 is 0 Å². The van der Waals surface area contributed by atoms with Crippen LogP contribution in [0.25, 0.3) is 11.0 Å². The third-order valence-electron chi connectivity index (χ3n) is 3.43. The number of rotatable bonds is 2. The molecule has 1 aromatic carbocycles. The van der Waals surface area contributed by atoms with Crippen molar-refractivity contribution in [3.8, 4) is 0 Å². The quantitative estimate of drug-likeness (QED) is 0.761. The average Bonchev–Trinajstić information content (AvgIpc) is 2.70. The van der Waals surface area contributed by atoms with E-state index in [2.05, 4.69) is 19.1 Å². The van der Waals surface area contributed by atoms with Crippen molar-refractivity contribution in [2.75, 3.05) is 0 Å². The number of hydrogen-bond acceptors (Lipinski definition) is 2. The molecule has 3 rings (SSSR count). The Labute approximate surface area is 95.7 Å². The summed E-state index contributed by atoms with van der Waals surface area (Å²) >= 11 is 0. The molecule has 0 fully saturated rings. The lowest BCUT2D eigenvalue weighted by atomic mass is 10.0. The molecule has 2 heteroatoms. The van der Waals surface area contributed by atoms with Crippen LogP contribution in [0.3, 0.4) is 0 Å². The minimum Gasteiger partial charge on any atom is -0.249 e. The van der Waals surface area contributed by atoms with E-state index < -0.39 is 0 Å². The Bertz CT molecular complexity index is 519. The van der Waals surface area contributed by atoms with Gasteiger partial charge in [-0.25, -0.2) is 9.97 Å². The molecule has 2 nitrogen and oxygen atoms in total. The van der Waals surface area contributed by atoms with Gasteiger partial charge >= 0.3 is 0 Å². The Kier molecular flexibility index (Phi) is 2.35. The highest BCUT2D eigenvalue weighted by atomic mass is 14.8. The molecule has 82 valence electrons. The molecule has 0 radical (unpaired) electrons. The second-order valence-electron chi connectivity index (χ2n) is 4.57. The first-order valence-corrected chi connectivity index (χ1v) is 6.14. The van der Waals surface area contributed by atoms with Crippen LogP contribution in [0.15, 0.2) is 24.3 Å². The van der Waals surface area contributed by atoms with Crippen LogP contribution in [-0.4, -0.2) is 9.97 Å². The van der Waals surface area contributed by atoms with Crippen molar-refractivity contribution in [2.45, 2.75) is 38.5 Å². The van der Waals surface area contributed by atoms with Gasteiger partial charge in [-0.3, -0.25) is 0 Å². The Balaban J connectivity index is 2.12. The first kappa shape index (κ1) is 9.76. The SMILES string of the molecule is CCCC1CCc2nc3ccccc3nc21. The smallest absolute Gasteiger partial charge is 0.0890 e. The lowest BCUT2D eigenvalue weighted by Crippen LogP contribution is -1.98. The van der Waals surface area contributed by atoms with E-state index in [-0.39, 0.29) is 0 Å². The topological polar surface area (TPSA) is 25.8 Å². The van der Waals surface area contributed by atoms with Crippen molar-refractivity contribution in [2.24, 2.45) is 0 Å². The van der Waals surface area contributed by atoms with Gasteiger partial charge in [0.15, 0.2) is 0 Å². The summed E-state index contributed by atoms with van der Waals surface area (Å²) in [6.45, 7) is 2.24. The minimum absolute atomic E-state index is 0.650. The largest absolute Gasteiger partial charge is 0.249 e. The second kappa shape index (κ2) is 3.85. The zero-order valence-corrected chi connectivity index (χ0v) is 9.61. The molecule has 0 bridgehead atoms. The highest BCUT2D eigenvalue weighted by Crippen LogP contribution is 2.34. The summed E-state index contributed by atoms with van der Waals surface area (Å²) in [6, 6.07) is 8.18. The van der Waals surface area contributed by atoms with Gasteiger partial charge in [-0.1, -0.05) is 25.5 Å². The molecule has 16 heavy (non-hydrogen) atoms. The maximum absolute atomic E-state index is 4.79. The molecule has 1 aromatic heterocycles. The molecule has 0 saturated carbocycles. The van der Waals surface area contributed by atoms with Gasteiger partial charge in [0.25, 0.3) is 0 Å². The van der Waals surface area contributed by atoms with Crippen molar-refractivity contribution in [3.63, 3.8) is 0 Å². The summed E-state index contributed by atoms with van der Waals surface area (Å²) in [5.74, 6) is 0.650. The maximum atomic E-state index is 4.79. The summed E-state index contributed by atoms with van der Waals surface area (Å²) in [7, 11) is 0. The fourth-order valence-electron chi connectivity index (χ4n) is 2.64. The zero-order chi connectivity index (χ0) is 11.0. The molecule has 1 aliphatic carbocycles. The second-order valence-corrected chi connectivity index (χ2v) is 4.57. The third kappa shape index (κ3) is 1.49. The molecule has 0 saturated heterocycles. The van der Waals surface area contributed by atoms with E-state index in [1.165, 1.54) is 30.7 Å². The number of para-hydroxylation sites is 2. The van der Waals surface area contributed by atoms with Gasteiger partial charge in [-0.05, 0) is 31.4 Å². The summed E-state index contributed by atoms with van der Waals surface area (Å²) in [4.78, 5) is 9.52. The van der Waals surface area contributed by atoms with E-state index in [9.17, 15) is 0 Å². The van der Waals surface area contributed by atoms with Crippen LogP contribution in [0, 0.1) is 0 Å². The van der Waals surface area contributed by atoms with E-state index in [1.807, 2.05) is 12.1 Å². The number of aryl methyl sites for hydroxylation is 1. The lowest BCUT2D eigenvalue weighted by molar-refractivity contribution is 0.598. The van der Waals surface area contributed by atoms with Crippen LogP contribution in [0.4, 0.5) is 0 Å². The van der Waals surface area contributed by atoms with Gasteiger partial charge in [0.05, 0.1) is 22.4 Å². The average molecular weight is 212 g/mol. The summed E-state index contributed by atoms with van der Waals surface area (Å²) in [6.07, 6.45) is 4.83. The van der Waals surface area contributed by atoms with E-state index in [0.717, 1.165) is 17.5 Å². The molecular weight excluding hydrogens is 196 g/mol. The van der Waals surface area contributed by atoms with Crippen molar-refractivity contribution in [1.82, 2.24) is 9.97 Å². The molecule has 0 amide bonds. The molecule has 1 unspecified atom stereocenters. The molecule has 0 aliphatic heterocycles. The van der Waals surface area contributed by atoms with Crippen LogP contribution >= 0.6 is 0 Å². The number of nitrogens with zero attached hydrogens (tertiary/aromatic N) is 2. The Morgan fingerprint density at radius 1 is 1.19 bits per heavy atom. The van der Waals surface area contributed by atoms with Crippen LogP contribution in [-0.2, 0) is 6.42 Å². The standard InChI is InChI=1S/C14H16N2/c1-2-5-10-8-9-13-14(10)16-12-7-4-3-6-11(12)15-13/h3-4,6-7,10H,2,5,8-9H2,1H3.